The molecule has 12 rings (SSSR count). The maximum Gasteiger partial charge on any atom is 0.236 e. The van der Waals surface area contributed by atoms with E-state index in [-0.39, 0.29) is 23.9 Å². The van der Waals surface area contributed by atoms with E-state index < -0.39 is 44.8 Å². The topological polar surface area (TPSA) is 104 Å². The summed E-state index contributed by atoms with van der Waals surface area (Å²) in [6.07, 6.45) is 2.09. The van der Waals surface area contributed by atoms with Crippen LogP contribution in [0.25, 0.3) is 0 Å². The second-order valence-electron chi connectivity index (χ2n) is 19.8. The molecule has 8 aliphatic rings. The molecule has 8 heteroatoms. The van der Waals surface area contributed by atoms with Gasteiger partial charge in [0.25, 0.3) is 0 Å². The van der Waals surface area contributed by atoms with Gasteiger partial charge < -0.3 is 10.6 Å². The lowest BCUT2D eigenvalue weighted by Crippen LogP contribution is -2.67. The zero-order valence-electron chi connectivity index (χ0n) is 33.9. The number of hydrogen-bond donors (Lipinski definition) is 2. The first-order chi connectivity index (χ1) is 26.4. The third-order valence-corrected chi connectivity index (χ3v) is 14.2. The number of amides is 2. The Labute approximate surface area is 331 Å². The molecule has 6 aliphatic carbocycles. The Balaban J connectivity index is 1.31. The average Bonchev–Trinajstić information content (AvgIpc) is 3.13. The molecular weight excluding hydrogens is 697 g/mol. The van der Waals surface area contributed by atoms with Crippen molar-refractivity contribution < 1.29 is 20.0 Å². The van der Waals surface area contributed by atoms with Crippen LogP contribution < -0.4 is 10.6 Å². The predicted molar refractivity (Wildman–Crippen MR) is 215 cm³/mol. The van der Waals surface area contributed by atoms with Crippen molar-refractivity contribution in [3.63, 3.8) is 0 Å². The van der Waals surface area contributed by atoms with Gasteiger partial charge in [0, 0.05) is 46.1 Å². The molecule has 4 aromatic carbocycles. The van der Waals surface area contributed by atoms with Crippen molar-refractivity contribution in [3.05, 3.63) is 142 Å². The summed E-state index contributed by atoms with van der Waals surface area (Å²) in [5.74, 6) is -1.12. The molecule has 2 radical (unpaired) electrons. The number of hydroxylamine groups is 4. The van der Waals surface area contributed by atoms with Crippen LogP contribution in [0.1, 0.15) is 137 Å². The second-order valence-corrected chi connectivity index (χ2v) is 19.8. The minimum atomic E-state index is -1.20. The van der Waals surface area contributed by atoms with Gasteiger partial charge in [-0.15, -0.1) is 20.5 Å². The summed E-state index contributed by atoms with van der Waals surface area (Å²) in [5.41, 5.74) is 2.45. The maximum absolute atomic E-state index is 16.1. The Morgan fingerprint density at radius 3 is 0.929 bits per heavy atom. The van der Waals surface area contributed by atoms with E-state index in [1.54, 1.807) is 0 Å². The van der Waals surface area contributed by atoms with Crippen molar-refractivity contribution in [1.29, 1.82) is 0 Å². The van der Waals surface area contributed by atoms with Crippen LogP contribution in [0.3, 0.4) is 0 Å². The van der Waals surface area contributed by atoms with Crippen LogP contribution in [0, 0.1) is 0 Å². The molecule has 8 nitrogen and oxygen atoms in total. The average molecular weight is 751 g/mol. The lowest BCUT2D eigenvalue weighted by atomic mass is 9.42. The van der Waals surface area contributed by atoms with Gasteiger partial charge in [0.15, 0.2) is 0 Å². The number of carbonyl (C=O) groups is 2. The van der Waals surface area contributed by atoms with Crippen LogP contribution in [0.5, 0.6) is 0 Å². The van der Waals surface area contributed by atoms with E-state index in [0.717, 1.165) is 44.5 Å². The monoisotopic (exact) mass is 750 g/mol. The highest BCUT2D eigenvalue weighted by atomic mass is 16.5. The third-order valence-electron chi connectivity index (χ3n) is 14.2. The Hall–Kier alpha value is -4.34. The molecule has 0 atom stereocenters. The van der Waals surface area contributed by atoms with Gasteiger partial charge in [-0.3, -0.25) is 9.59 Å². The number of nitrogens with zero attached hydrogens (tertiary/aromatic N) is 2. The molecule has 0 saturated carbocycles. The fourth-order valence-corrected chi connectivity index (χ4v) is 12.7. The Kier molecular flexibility index (Phi) is 8.04. The zero-order valence-corrected chi connectivity index (χ0v) is 33.9. The molecule has 0 unspecified atom stereocenters. The van der Waals surface area contributed by atoms with E-state index in [9.17, 15) is 10.4 Å². The van der Waals surface area contributed by atoms with E-state index in [1.807, 2.05) is 104 Å². The van der Waals surface area contributed by atoms with Gasteiger partial charge in [0.2, 0.25) is 11.8 Å². The van der Waals surface area contributed by atoms with Crippen LogP contribution >= 0.6 is 0 Å². The van der Waals surface area contributed by atoms with Gasteiger partial charge in [-0.05, 0) is 126 Å². The van der Waals surface area contributed by atoms with Gasteiger partial charge in [-0.25, -0.2) is 0 Å². The first-order valence-electron chi connectivity index (χ1n) is 20.3. The third kappa shape index (κ3) is 4.85. The van der Waals surface area contributed by atoms with Gasteiger partial charge in [-0.1, -0.05) is 97.1 Å². The van der Waals surface area contributed by atoms with Crippen LogP contribution in [-0.2, 0) is 30.8 Å². The quantitative estimate of drug-likeness (QED) is 0.222. The number of hydrogen-bond acceptors (Lipinski definition) is 4. The highest BCUT2D eigenvalue weighted by molar-refractivity contribution is 6.03. The van der Waals surface area contributed by atoms with Crippen LogP contribution in [0.15, 0.2) is 97.1 Å². The summed E-state index contributed by atoms with van der Waals surface area (Å²) >= 11 is 0. The van der Waals surface area contributed by atoms with Crippen molar-refractivity contribution in [2.24, 2.45) is 0 Å². The smallest absolute Gasteiger partial charge is 0.236 e. The normalized spacial score (nSPS) is 29.5. The molecule has 290 valence electrons. The molecular formula is C48H54N4O4. The summed E-state index contributed by atoms with van der Waals surface area (Å²) in [7, 11) is 0. The van der Waals surface area contributed by atoms with Gasteiger partial charge in [0.05, 0.1) is 0 Å². The standard InChI is InChI=1S/C48H54N4O4/c1-43(2)25-29(26-44(3,4)51(43)55)49-41(53)47-35-21-13-9-17-31(35)40(32-18-10-14-22-36(32)47)48(42(54)50-30-27-45(5,6)52(56)46(7,8)28-30)37-23-15-11-19-33(37)39(47)34-20-12-16-24-38(34)48/h9-24,29-30,39-40H,25-28H2,1-8H3,(H,49,53)(H,50,54). The van der Waals surface area contributed by atoms with E-state index in [1.165, 1.54) is 10.1 Å². The molecule has 2 saturated heterocycles. The molecule has 0 spiro atoms. The zero-order chi connectivity index (χ0) is 39.8. The number of benzene rings is 4. The van der Waals surface area contributed by atoms with Crippen LogP contribution in [-0.4, -0.2) is 56.2 Å². The predicted octanol–water partition coefficient (Wildman–Crippen LogP) is 7.83. The summed E-state index contributed by atoms with van der Waals surface area (Å²) in [6.45, 7) is 15.7. The second kappa shape index (κ2) is 12.1. The SMILES string of the molecule is CC1(C)CC(NC(=O)C23c4ccccc4C(c4ccccc42)C2(C(=O)NC4CC(C)(C)N([O])C(C)(C)C4)c4ccccc4C3c3ccccc32)CC(C)(C)N1[O]. The minimum absolute atomic E-state index is 0.0888. The first-order valence-corrected chi connectivity index (χ1v) is 20.3. The fourth-order valence-electron chi connectivity index (χ4n) is 12.7. The number of piperidine rings is 2. The summed E-state index contributed by atoms with van der Waals surface area (Å²) < 4.78 is 0. The summed E-state index contributed by atoms with van der Waals surface area (Å²) in [5, 5.41) is 36.5. The summed E-state index contributed by atoms with van der Waals surface area (Å²) in [6, 6.07) is 32.7. The number of rotatable bonds is 4. The molecule has 2 fully saturated rings. The molecule has 2 aliphatic heterocycles. The van der Waals surface area contributed by atoms with Crippen molar-refractivity contribution in [2.75, 3.05) is 0 Å². The molecule has 0 aromatic heterocycles. The van der Waals surface area contributed by atoms with Gasteiger partial charge in [0.1, 0.15) is 10.8 Å². The number of nitrogens with one attached hydrogen (secondary N) is 2. The van der Waals surface area contributed by atoms with E-state index in [2.05, 4.69) is 59.2 Å². The Bertz CT molecular complexity index is 1980. The molecule has 56 heavy (non-hydrogen) atoms. The van der Waals surface area contributed by atoms with Gasteiger partial charge in [-0.2, -0.15) is 0 Å². The molecule has 4 aromatic rings. The van der Waals surface area contributed by atoms with Crippen LogP contribution in [0.4, 0.5) is 0 Å². The lowest BCUT2D eigenvalue weighted by molar-refractivity contribution is -0.290. The molecule has 2 heterocycles. The van der Waals surface area contributed by atoms with E-state index in [0.29, 0.717) is 25.7 Å². The molecule has 2 amide bonds. The van der Waals surface area contributed by atoms with E-state index >= 15 is 9.59 Å². The Morgan fingerprint density at radius 2 is 0.679 bits per heavy atom. The van der Waals surface area contributed by atoms with Crippen molar-refractivity contribution in [1.82, 2.24) is 20.8 Å². The summed E-state index contributed by atoms with van der Waals surface area (Å²) in [4.78, 5) is 32.1. The van der Waals surface area contributed by atoms with Crippen molar-refractivity contribution in [2.45, 2.75) is 138 Å². The highest BCUT2D eigenvalue weighted by Gasteiger charge is 2.68. The van der Waals surface area contributed by atoms with E-state index in [4.69, 9.17) is 0 Å². The van der Waals surface area contributed by atoms with Gasteiger partial charge >= 0.3 is 0 Å². The van der Waals surface area contributed by atoms with Crippen LogP contribution in [0.2, 0.25) is 0 Å². The lowest BCUT2D eigenvalue weighted by Gasteiger charge is -2.59. The highest BCUT2D eigenvalue weighted by Crippen LogP contribution is 2.68. The van der Waals surface area contributed by atoms with Crippen molar-refractivity contribution >= 4 is 11.8 Å². The maximum atomic E-state index is 16.1. The van der Waals surface area contributed by atoms with Crippen molar-refractivity contribution in [3.8, 4) is 0 Å². The molecule has 2 N–H and O–H groups in total. The Morgan fingerprint density at radius 1 is 0.446 bits per heavy atom. The largest absolute Gasteiger partial charge is 0.352 e. The fraction of sp³-hybridized carbons (Fsp3) is 0.458. The minimum Gasteiger partial charge on any atom is -0.352 e. The first kappa shape index (κ1) is 37.2. The number of carbonyl (C=O) groups excluding carboxylic acids is 2. The molecule has 4 bridgehead atoms.